The number of imide groups is 1. The minimum atomic E-state index is -0.238. The molecule has 19 heavy (non-hydrogen) atoms. The van der Waals surface area contributed by atoms with Gasteiger partial charge in [0, 0.05) is 0 Å². The van der Waals surface area contributed by atoms with Crippen LogP contribution in [0.25, 0.3) is 0 Å². The van der Waals surface area contributed by atoms with E-state index in [1.807, 2.05) is 18.2 Å². The van der Waals surface area contributed by atoms with Gasteiger partial charge in [-0.1, -0.05) is 0 Å². The van der Waals surface area contributed by atoms with Crippen LogP contribution in [0.5, 0.6) is 5.75 Å². The van der Waals surface area contributed by atoms with Crippen LogP contribution < -0.4 is 4.74 Å². The van der Waals surface area contributed by atoms with Crippen molar-refractivity contribution in [3.8, 4) is 5.75 Å². The molecule has 0 N–H and O–H groups in total. The molecule has 0 saturated carbocycles. The fourth-order valence-electron chi connectivity index (χ4n) is 2.06. The first-order valence-electron chi connectivity index (χ1n) is 6.46. The van der Waals surface area contributed by atoms with Crippen LogP contribution in [0.2, 0.25) is 4.71 Å². The van der Waals surface area contributed by atoms with E-state index in [-0.39, 0.29) is 23.1 Å². The zero-order chi connectivity index (χ0) is 13.7. The molecular weight excluding hydrogens is 305 g/mol. The van der Waals surface area contributed by atoms with Crippen molar-refractivity contribution in [2.24, 2.45) is 0 Å². The second-order valence-electron chi connectivity index (χ2n) is 4.59. The zero-order valence-corrected chi connectivity index (χ0v) is 13.2. The first kappa shape index (κ1) is 14.1. The van der Waals surface area contributed by atoms with E-state index in [1.54, 1.807) is 12.1 Å². The van der Waals surface area contributed by atoms with Gasteiger partial charge >= 0.3 is 121 Å². The molecule has 0 radical (unpaired) electrons. The van der Waals surface area contributed by atoms with E-state index in [0.29, 0.717) is 12.3 Å². The maximum absolute atomic E-state index is 12.1. The van der Waals surface area contributed by atoms with Gasteiger partial charge in [-0.15, -0.1) is 0 Å². The quantitative estimate of drug-likeness (QED) is 0.781. The summed E-state index contributed by atoms with van der Waals surface area (Å²) in [5, 5.41) is 0. The van der Waals surface area contributed by atoms with Gasteiger partial charge in [-0.05, 0) is 0 Å². The van der Waals surface area contributed by atoms with Crippen LogP contribution in [0.15, 0.2) is 30.3 Å². The summed E-state index contributed by atoms with van der Waals surface area (Å²) in [6, 6.07) is 9.17. The number of hydrogen-bond donors (Lipinski definition) is 0. The van der Waals surface area contributed by atoms with Crippen LogP contribution in [0.3, 0.4) is 0 Å². The zero-order valence-electron chi connectivity index (χ0n) is 10.7. The molecule has 102 valence electrons. The molecule has 1 aliphatic heterocycles. The van der Waals surface area contributed by atoms with Crippen LogP contribution in [0.4, 0.5) is 0 Å². The Hall–Kier alpha value is -1.28. The summed E-state index contributed by atoms with van der Waals surface area (Å²) in [5.41, 5.74) is 0. The molecule has 2 unspecified atom stereocenters. The van der Waals surface area contributed by atoms with E-state index in [9.17, 15) is 9.59 Å². The second kappa shape index (κ2) is 6.76. The Kier molecular flexibility index (Phi) is 5.03. The average molecular weight is 323 g/mol. The first-order valence-corrected chi connectivity index (χ1v) is 7.86. The number of hydrogen-bond acceptors (Lipinski definition) is 3. The number of carbonyl (C=O) groups is 2. The maximum atomic E-state index is 12.1. The third kappa shape index (κ3) is 3.84. The van der Waals surface area contributed by atoms with Gasteiger partial charge < -0.3 is 0 Å². The van der Waals surface area contributed by atoms with Crippen LogP contribution in [0, 0.1) is 0 Å². The Labute approximate surface area is 121 Å². The number of benzene rings is 1. The van der Waals surface area contributed by atoms with Gasteiger partial charge in [0.15, 0.2) is 0 Å². The molecule has 4 nitrogen and oxygen atoms in total. The first-order chi connectivity index (χ1) is 9.18. The van der Waals surface area contributed by atoms with Crippen LogP contribution in [0.1, 0.15) is 19.3 Å². The molecule has 5 heteroatoms. The van der Waals surface area contributed by atoms with E-state index >= 15 is 0 Å². The molecule has 1 aromatic carbocycles. The Balaban J connectivity index is 1.93. The number of rotatable bonds is 3. The van der Waals surface area contributed by atoms with E-state index < -0.39 is 0 Å². The fourth-order valence-corrected chi connectivity index (χ4v) is 2.93. The SMILES string of the molecule is O=C(COc1ccccc1)N1CCCCC([AsH2])C1=O. The summed E-state index contributed by atoms with van der Waals surface area (Å²) in [6.07, 6.45) is 2.80. The van der Waals surface area contributed by atoms with Gasteiger partial charge in [-0.3, -0.25) is 0 Å². The van der Waals surface area contributed by atoms with Gasteiger partial charge in [0.2, 0.25) is 0 Å². The molecule has 2 rings (SSSR count). The molecule has 0 spiro atoms. The van der Waals surface area contributed by atoms with Crippen molar-refractivity contribution < 1.29 is 14.3 Å². The standard InChI is InChI=1S/C14H18AsNO3/c15-12-8-4-5-9-16(14(12)18)13(17)10-19-11-6-2-1-3-7-11/h1-3,6-7,12H,4-5,8-10,15H2. The van der Waals surface area contributed by atoms with Gasteiger partial charge in [-0.25, -0.2) is 0 Å². The minimum absolute atomic E-state index is 0.00400. The summed E-state index contributed by atoms with van der Waals surface area (Å²) in [6.45, 7) is 0.450. The van der Waals surface area contributed by atoms with Crippen molar-refractivity contribution in [3.05, 3.63) is 30.3 Å². The van der Waals surface area contributed by atoms with Crippen molar-refractivity contribution >= 4 is 28.7 Å². The van der Waals surface area contributed by atoms with Crippen molar-refractivity contribution in [1.82, 2.24) is 4.90 Å². The monoisotopic (exact) mass is 323 g/mol. The van der Waals surface area contributed by atoms with Crippen molar-refractivity contribution in [2.75, 3.05) is 13.2 Å². The number of likely N-dealkylation sites (tertiary alicyclic amines) is 1. The molecule has 0 aromatic heterocycles. The van der Waals surface area contributed by atoms with Gasteiger partial charge in [0.25, 0.3) is 0 Å². The van der Waals surface area contributed by atoms with Gasteiger partial charge in [0.05, 0.1) is 0 Å². The third-order valence-corrected chi connectivity index (χ3v) is 4.43. The predicted molar refractivity (Wildman–Crippen MR) is 74.8 cm³/mol. The molecule has 2 atom stereocenters. The van der Waals surface area contributed by atoms with E-state index in [4.69, 9.17) is 4.74 Å². The van der Waals surface area contributed by atoms with Crippen molar-refractivity contribution in [1.29, 1.82) is 0 Å². The molecule has 1 saturated heterocycles. The summed E-state index contributed by atoms with van der Waals surface area (Å²) >= 11 is 1.40. The summed E-state index contributed by atoms with van der Waals surface area (Å²) in [4.78, 5) is 25.5. The number of nitrogens with zero attached hydrogens (tertiary/aromatic N) is 1. The fraction of sp³-hybridized carbons (Fsp3) is 0.429. The average Bonchev–Trinajstić information content (AvgIpc) is 2.60. The predicted octanol–water partition coefficient (Wildman–Crippen LogP) is 1.03. The number of ether oxygens (including phenoxy) is 1. The summed E-state index contributed by atoms with van der Waals surface area (Å²) in [5.74, 6) is 0.368. The summed E-state index contributed by atoms with van der Waals surface area (Å²) < 4.78 is 5.40. The molecule has 1 aliphatic rings. The molecule has 2 amide bonds. The molecule has 0 bridgehead atoms. The molecule has 1 aromatic rings. The Morgan fingerprint density at radius 2 is 2.05 bits per heavy atom. The molecular formula is C14H18AsNO3. The summed E-state index contributed by atoms with van der Waals surface area (Å²) in [7, 11) is 0. The van der Waals surface area contributed by atoms with Crippen molar-refractivity contribution in [2.45, 2.75) is 24.0 Å². The third-order valence-electron chi connectivity index (χ3n) is 3.14. The van der Waals surface area contributed by atoms with Crippen LogP contribution in [-0.4, -0.2) is 46.7 Å². The Morgan fingerprint density at radius 3 is 2.79 bits per heavy atom. The number of para-hydroxylation sites is 1. The van der Waals surface area contributed by atoms with E-state index in [1.165, 1.54) is 21.8 Å². The normalized spacial score (nSPS) is 19.9. The van der Waals surface area contributed by atoms with E-state index in [2.05, 4.69) is 0 Å². The molecule has 1 heterocycles. The Morgan fingerprint density at radius 1 is 1.32 bits per heavy atom. The van der Waals surface area contributed by atoms with Crippen LogP contribution >= 0.6 is 0 Å². The second-order valence-corrected chi connectivity index (χ2v) is 6.28. The van der Waals surface area contributed by atoms with E-state index in [0.717, 1.165) is 19.3 Å². The number of carbonyl (C=O) groups excluding carboxylic acids is 2. The molecule has 1 fully saturated rings. The van der Waals surface area contributed by atoms with Crippen molar-refractivity contribution in [3.63, 3.8) is 0 Å². The number of amides is 2. The Bertz CT molecular complexity index is 449. The van der Waals surface area contributed by atoms with Gasteiger partial charge in [-0.2, -0.15) is 0 Å². The molecule has 0 aliphatic carbocycles. The van der Waals surface area contributed by atoms with Crippen LogP contribution in [-0.2, 0) is 9.59 Å². The van der Waals surface area contributed by atoms with Gasteiger partial charge in [0.1, 0.15) is 0 Å². The topological polar surface area (TPSA) is 46.6 Å².